The molecule has 1 saturated carbocycles. The van der Waals surface area contributed by atoms with Gasteiger partial charge >= 0.3 is 0 Å². The second kappa shape index (κ2) is 6.89. The highest BCUT2D eigenvalue weighted by atomic mass is 15.3. The van der Waals surface area contributed by atoms with Crippen molar-refractivity contribution in [3.63, 3.8) is 0 Å². The fourth-order valence-corrected chi connectivity index (χ4v) is 3.75. The Hall–Kier alpha value is -0.630. The van der Waals surface area contributed by atoms with E-state index in [9.17, 15) is 5.26 Å². The lowest BCUT2D eigenvalue weighted by Crippen LogP contribution is -2.57. The summed E-state index contributed by atoms with van der Waals surface area (Å²) in [4.78, 5) is 5.12. The normalized spacial score (nSPS) is 25.8. The van der Waals surface area contributed by atoms with Gasteiger partial charge in [-0.3, -0.25) is 15.1 Å². The number of nitriles is 1. The molecule has 1 unspecified atom stereocenters. The van der Waals surface area contributed by atoms with Gasteiger partial charge in [0.1, 0.15) is 5.54 Å². The van der Waals surface area contributed by atoms with E-state index in [0.717, 1.165) is 25.7 Å². The number of hydrogen-bond acceptors (Lipinski definition) is 4. The van der Waals surface area contributed by atoms with Gasteiger partial charge in [0, 0.05) is 44.8 Å². The summed E-state index contributed by atoms with van der Waals surface area (Å²) in [7, 11) is 0. The van der Waals surface area contributed by atoms with Crippen LogP contribution in [0.4, 0.5) is 0 Å². The van der Waals surface area contributed by atoms with Crippen molar-refractivity contribution in [3.05, 3.63) is 0 Å². The number of hydrogen-bond donors (Lipinski definition) is 1. The minimum Gasteiger partial charge on any atom is -0.298 e. The fourth-order valence-electron chi connectivity index (χ4n) is 3.75. The van der Waals surface area contributed by atoms with Crippen molar-refractivity contribution in [2.45, 2.75) is 64.1 Å². The van der Waals surface area contributed by atoms with Crippen molar-refractivity contribution in [3.8, 4) is 6.07 Å². The van der Waals surface area contributed by atoms with E-state index in [2.05, 4.69) is 35.0 Å². The summed E-state index contributed by atoms with van der Waals surface area (Å²) in [5, 5.41) is 12.8. The van der Waals surface area contributed by atoms with Gasteiger partial charge in [0.25, 0.3) is 0 Å². The molecule has 0 aromatic rings. The van der Waals surface area contributed by atoms with Gasteiger partial charge in [-0.2, -0.15) is 5.26 Å². The first-order chi connectivity index (χ1) is 9.52. The van der Waals surface area contributed by atoms with Crippen LogP contribution in [-0.2, 0) is 0 Å². The molecule has 1 N–H and O–H groups in total. The van der Waals surface area contributed by atoms with E-state index in [-0.39, 0.29) is 0 Å². The minimum atomic E-state index is -0.427. The van der Waals surface area contributed by atoms with Gasteiger partial charge in [0.2, 0.25) is 0 Å². The van der Waals surface area contributed by atoms with Crippen molar-refractivity contribution < 1.29 is 0 Å². The van der Waals surface area contributed by atoms with Crippen LogP contribution in [0.25, 0.3) is 0 Å². The molecule has 2 fully saturated rings. The quantitative estimate of drug-likeness (QED) is 0.833. The molecule has 1 saturated heterocycles. The van der Waals surface area contributed by atoms with Crippen molar-refractivity contribution in [2.24, 2.45) is 0 Å². The Morgan fingerprint density at radius 2 is 1.80 bits per heavy atom. The van der Waals surface area contributed by atoms with E-state index in [4.69, 9.17) is 0 Å². The van der Waals surface area contributed by atoms with Gasteiger partial charge in [-0.15, -0.1) is 0 Å². The SMILES string of the molecule is CC(C)NC(C)(C#N)CN1CCN(C2CCCC2)CC1. The molecule has 1 aliphatic heterocycles. The maximum absolute atomic E-state index is 9.44. The van der Waals surface area contributed by atoms with Crippen LogP contribution < -0.4 is 5.32 Å². The summed E-state index contributed by atoms with van der Waals surface area (Å²) >= 11 is 0. The monoisotopic (exact) mass is 278 g/mol. The van der Waals surface area contributed by atoms with Gasteiger partial charge in [-0.25, -0.2) is 0 Å². The van der Waals surface area contributed by atoms with Gasteiger partial charge in [-0.1, -0.05) is 12.8 Å². The highest BCUT2D eigenvalue weighted by molar-refractivity contribution is 5.06. The van der Waals surface area contributed by atoms with E-state index in [1.807, 2.05) is 6.92 Å². The van der Waals surface area contributed by atoms with Gasteiger partial charge < -0.3 is 0 Å². The number of rotatable bonds is 5. The first-order valence-electron chi connectivity index (χ1n) is 8.18. The maximum atomic E-state index is 9.44. The predicted molar refractivity (Wildman–Crippen MR) is 82.6 cm³/mol. The summed E-state index contributed by atoms with van der Waals surface area (Å²) in [5.74, 6) is 0. The molecule has 0 aromatic carbocycles. The predicted octanol–water partition coefficient (Wildman–Crippen LogP) is 1.83. The molecule has 114 valence electrons. The molecule has 1 atom stereocenters. The molecule has 0 amide bonds. The lowest BCUT2D eigenvalue weighted by molar-refractivity contribution is 0.0851. The highest BCUT2D eigenvalue weighted by Crippen LogP contribution is 2.24. The Kier molecular flexibility index (Phi) is 5.42. The second-order valence-corrected chi connectivity index (χ2v) is 6.99. The average Bonchev–Trinajstić information content (AvgIpc) is 2.92. The Morgan fingerprint density at radius 3 is 2.30 bits per heavy atom. The van der Waals surface area contributed by atoms with Crippen LogP contribution in [0.1, 0.15) is 46.5 Å². The molecule has 2 aliphatic rings. The molecular formula is C16H30N4. The molecule has 20 heavy (non-hydrogen) atoms. The molecule has 4 heteroatoms. The van der Waals surface area contributed by atoms with Crippen molar-refractivity contribution in [1.82, 2.24) is 15.1 Å². The lowest BCUT2D eigenvalue weighted by Gasteiger charge is -2.40. The van der Waals surface area contributed by atoms with Crippen molar-refractivity contribution >= 4 is 0 Å². The first-order valence-corrected chi connectivity index (χ1v) is 8.18. The Bertz CT molecular complexity index is 335. The summed E-state index contributed by atoms with van der Waals surface area (Å²) in [6.07, 6.45) is 5.61. The van der Waals surface area contributed by atoms with Crippen molar-refractivity contribution in [2.75, 3.05) is 32.7 Å². The van der Waals surface area contributed by atoms with Gasteiger partial charge in [0.05, 0.1) is 6.07 Å². The van der Waals surface area contributed by atoms with Crippen LogP contribution in [-0.4, -0.2) is 60.1 Å². The topological polar surface area (TPSA) is 42.3 Å². The van der Waals surface area contributed by atoms with Crippen LogP contribution in [0, 0.1) is 11.3 Å². The second-order valence-electron chi connectivity index (χ2n) is 6.99. The molecule has 0 aromatic heterocycles. The number of nitrogens with one attached hydrogen (secondary N) is 1. The van der Waals surface area contributed by atoms with E-state index in [1.54, 1.807) is 0 Å². The zero-order chi connectivity index (χ0) is 14.6. The molecule has 4 nitrogen and oxygen atoms in total. The Morgan fingerprint density at radius 1 is 1.20 bits per heavy atom. The molecule has 0 radical (unpaired) electrons. The van der Waals surface area contributed by atoms with E-state index >= 15 is 0 Å². The van der Waals surface area contributed by atoms with Gasteiger partial charge in [-0.05, 0) is 33.6 Å². The third-order valence-electron chi connectivity index (χ3n) is 4.64. The van der Waals surface area contributed by atoms with Crippen LogP contribution in [0.3, 0.4) is 0 Å². The highest BCUT2D eigenvalue weighted by Gasteiger charge is 2.31. The molecule has 2 rings (SSSR count). The van der Waals surface area contributed by atoms with E-state index in [0.29, 0.717) is 6.04 Å². The summed E-state index contributed by atoms with van der Waals surface area (Å²) in [5.41, 5.74) is -0.427. The molecular weight excluding hydrogens is 248 g/mol. The largest absolute Gasteiger partial charge is 0.298 e. The molecule has 1 aliphatic carbocycles. The molecule has 0 bridgehead atoms. The third kappa shape index (κ3) is 4.18. The van der Waals surface area contributed by atoms with Crippen LogP contribution in [0.2, 0.25) is 0 Å². The van der Waals surface area contributed by atoms with E-state index < -0.39 is 5.54 Å². The summed E-state index contributed by atoms with van der Waals surface area (Å²) in [6.45, 7) is 11.6. The van der Waals surface area contributed by atoms with Crippen LogP contribution in [0.5, 0.6) is 0 Å². The maximum Gasteiger partial charge on any atom is 0.116 e. The Balaban J connectivity index is 1.79. The number of piperazine rings is 1. The average molecular weight is 278 g/mol. The van der Waals surface area contributed by atoms with Crippen LogP contribution in [0.15, 0.2) is 0 Å². The summed E-state index contributed by atoms with van der Waals surface area (Å²) < 4.78 is 0. The zero-order valence-electron chi connectivity index (χ0n) is 13.4. The summed E-state index contributed by atoms with van der Waals surface area (Å²) in [6, 6.07) is 3.64. The zero-order valence-corrected chi connectivity index (χ0v) is 13.4. The third-order valence-corrected chi connectivity index (χ3v) is 4.64. The Labute approximate surface area is 124 Å². The molecule has 1 heterocycles. The van der Waals surface area contributed by atoms with E-state index in [1.165, 1.54) is 38.8 Å². The standard InChI is InChI=1S/C16H30N4/c1-14(2)18-16(3,12-17)13-19-8-10-20(11-9-19)15-6-4-5-7-15/h14-15,18H,4-11,13H2,1-3H3. The minimum absolute atomic E-state index is 0.347. The fraction of sp³-hybridized carbons (Fsp3) is 0.938. The molecule has 0 spiro atoms. The van der Waals surface area contributed by atoms with Gasteiger partial charge in [0.15, 0.2) is 0 Å². The van der Waals surface area contributed by atoms with Crippen LogP contribution >= 0.6 is 0 Å². The lowest BCUT2D eigenvalue weighted by atomic mass is 10.0. The smallest absolute Gasteiger partial charge is 0.116 e. The number of nitrogens with zero attached hydrogens (tertiary/aromatic N) is 3. The first kappa shape index (κ1) is 15.8. The van der Waals surface area contributed by atoms with Crippen molar-refractivity contribution in [1.29, 1.82) is 5.26 Å².